The Bertz CT molecular complexity index is 649. The van der Waals surface area contributed by atoms with Crippen LogP contribution in [0.25, 0.3) is 0 Å². The van der Waals surface area contributed by atoms with Gasteiger partial charge in [0.2, 0.25) is 11.8 Å². The molecule has 0 saturated carbocycles. The molecule has 1 aromatic rings. The predicted molar refractivity (Wildman–Crippen MR) is 100 cm³/mol. The second-order valence-electron chi connectivity index (χ2n) is 9.05. The molecule has 0 spiro atoms. The highest BCUT2D eigenvalue weighted by Crippen LogP contribution is 2.21. The van der Waals surface area contributed by atoms with Gasteiger partial charge in [-0.15, -0.1) is 0 Å². The Labute approximate surface area is 161 Å². The molecule has 1 aliphatic rings. The van der Waals surface area contributed by atoms with Gasteiger partial charge in [-0.25, -0.2) is 4.79 Å². The molecule has 8 heteroatoms. The van der Waals surface area contributed by atoms with Gasteiger partial charge in [0, 0.05) is 37.4 Å². The van der Waals surface area contributed by atoms with Crippen molar-refractivity contribution in [1.29, 1.82) is 0 Å². The van der Waals surface area contributed by atoms with Crippen molar-refractivity contribution in [2.75, 3.05) is 19.6 Å². The van der Waals surface area contributed by atoms with E-state index in [1.165, 1.54) is 0 Å². The Morgan fingerprint density at radius 1 is 1.19 bits per heavy atom. The van der Waals surface area contributed by atoms with Crippen LogP contribution in [0.5, 0.6) is 0 Å². The molecular formula is C19H32N4O4. The molecule has 2 heterocycles. The Kier molecular flexibility index (Phi) is 6.49. The van der Waals surface area contributed by atoms with Crippen LogP contribution in [-0.2, 0) is 21.4 Å². The minimum atomic E-state index is -0.507. The Hall–Kier alpha value is -2.12. The molecule has 1 N–H and O–H groups in total. The largest absolute Gasteiger partial charge is 0.444 e. The van der Waals surface area contributed by atoms with Crippen molar-refractivity contribution in [3.8, 4) is 0 Å². The molecule has 0 radical (unpaired) electrons. The maximum atomic E-state index is 12.3. The molecule has 0 aliphatic carbocycles. The zero-order valence-electron chi connectivity index (χ0n) is 17.3. The van der Waals surface area contributed by atoms with E-state index in [1.54, 1.807) is 4.90 Å². The fourth-order valence-corrected chi connectivity index (χ4v) is 2.75. The summed E-state index contributed by atoms with van der Waals surface area (Å²) in [5, 5.41) is 6.89. The van der Waals surface area contributed by atoms with Gasteiger partial charge >= 0.3 is 6.09 Å². The van der Waals surface area contributed by atoms with Gasteiger partial charge in [0.25, 0.3) is 0 Å². The third-order valence-electron chi connectivity index (χ3n) is 4.27. The van der Waals surface area contributed by atoms with E-state index in [4.69, 9.17) is 9.26 Å². The number of piperidine rings is 1. The first-order chi connectivity index (χ1) is 12.5. The van der Waals surface area contributed by atoms with Crippen molar-refractivity contribution >= 4 is 12.0 Å². The van der Waals surface area contributed by atoms with Gasteiger partial charge in [-0.2, -0.15) is 4.98 Å². The summed E-state index contributed by atoms with van der Waals surface area (Å²) in [5.74, 6) is 1.12. The summed E-state index contributed by atoms with van der Waals surface area (Å²) in [6.45, 7) is 13.1. The number of rotatable bonds is 4. The van der Waals surface area contributed by atoms with Crippen LogP contribution in [0.4, 0.5) is 4.79 Å². The molecule has 27 heavy (non-hydrogen) atoms. The van der Waals surface area contributed by atoms with E-state index in [9.17, 15) is 9.59 Å². The molecule has 0 unspecified atom stereocenters. The Balaban J connectivity index is 1.72. The lowest BCUT2D eigenvalue weighted by molar-refractivity contribution is -0.126. The maximum Gasteiger partial charge on any atom is 0.410 e. The Morgan fingerprint density at radius 3 is 2.33 bits per heavy atom. The normalized spacial score (nSPS) is 16.3. The number of carbonyl (C=O) groups excluding carboxylic acids is 2. The zero-order valence-corrected chi connectivity index (χ0v) is 17.3. The number of nitrogens with one attached hydrogen (secondary N) is 1. The van der Waals surface area contributed by atoms with E-state index in [-0.39, 0.29) is 23.3 Å². The fourth-order valence-electron chi connectivity index (χ4n) is 2.75. The third kappa shape index (κ3) is 6.52. The minimum absolute atomic E-state index is 0.0124. The average molecular weight is 380 g/mol. The number of ether oxygens (including phenoxy) is 1. The lowest BCUT2D eigenvalue weighted by atomic mass is 9.96. The van der Waals surface area contributed by atoms with Gasteiger partial charge in [0.1, 0.15) is 5.60 Å². The second-order valence-corrected chi connectivity index (χ2v) is 9.05. The van der Waals surface area contributed by atoms with Gasteiger partial charge in [0.05, 0.1) is 0 Å². The summed E-state index contributed by atoms with van der Waals surface area (Å²) in [5.41, 5.74) is -0.691. The van der Waals surface area contributed by atoms with Crippen LogP contribution in [0.3, 0.4) is 0 Å². The van der Waals surface area contributed by atoms with Crippen LogP contribution in [-0.4, -0.2) is 52.3 Å². The molecule has 0 bridgehead atoms. The highest BCUT2D eigenvalue weighted by Gasteiger charge is 2.29. The van der Waals surface area contributed by atoms with Gasteiger partial charge in [-0.05, 0) is 33.6 Å². The lowest BCUT2D eigenvalue weighted by Gasteiger charge is -2.32. The van der Waals surface area contributed by atoms with Crippen LogP contribution in [0.15, 0.2) is 4.52 Å². The van der Waals surface area contributed by atoms with Crippen LogP contribution in [0, 0.1) is 5.92 Å². The number of carbonyl (C=O) groups is 2. The number of hydrogen-bond acceptors (Lipinski definition) is 6. The van der Waals surface area contributed by atoms with E-state index in [1.807, 2.05) is 41.5 Å². The monoisotopic (exact) mass is 380 g/mol. The maximum absolute atomic E-state index is 12.3. The highest BCUT2D eigenvalue weighted by molar-refractivity contribution is 5.79. The summed E-state index contributed by atoms with van der Waals surface area (Å²) in [4.78, 5) is 30.5. The lowest BCUT2D eigenvalue weighted by Crippen LogP contribution is -2.45. The average Bonchev–Trinajstić information content (AvgIpc) is 3.02. The van der Waals surface area contributed by atoms with Crippen LogP contribution in [0.1, 0.15) is 66.1 Å². The standard InChI is InChI=1S/C19H32N4O4/c1-18(2,3)16-21-14(22-27-16)7-10-20-15(24)13-8-11-23(12-9-13)17(25)26-19(4,5)6/h13H,7-12H2,1-6H3,(H,20,24). The molecule has 152 valence electrons. The molecule has 2 amide bonds. The first kappa shape index (κ1) is 21.2. The predicted octanol–water partition coefficient (Wildman–Crippen LogP) is 2.67. The van der Waals surface area contributed by atoms with Crippen molar-refractivity contribution in [2.24, 2.45) is 5.92 Å². The molecule has 1 aromatic heterocycles. The van der Waals surface area contributed by atoms with E-state index < -0.39 is 5.60 Å². The first-order valence-corrected chi connectivity index (χ1v) is 9.54. The van der Waals surface area contributed by atoms with Gasteiger partial charge in [-0.1, -0.05) is 25.9 Å². The van der Waals surface area contributed by atoms with Crippen LogP contribution in [0.2, 0.25) is 0 Å². The van der Waals surface area contributed by atoms with Crippen molar-refractivity contribution in [3.63, 3.8) is 0 Å². The highest BCUT2D eigenvalue weighted by atomic mass is 16.6. The molecule has 1 fully saturated rings. The molecule has 2 rings (SSSR count). The van der Waals surface area contributed by atoms with E-state index in [0.29, 0.717) is 50.6 Å². The number of likely N-dealkylation sites (tertiary alicyclic amines) is 1. The van der Waals surface area contributed by atoms with E-state index in [2.05, 4.69) is 15.5 Å². The Morgan fingerprint density at radius 2 is 1.81 bits per heavy atom. The number of amides is 2. The van der Waals surface area contributed by atoms with E-state index >= 15 is 0 Å². The van der Waals surface area contributed by atoms with Gasteiger partial charge in [0.15, 0.2) is 5.82 Å². The summed E-state index contributed by atoms with van der Waals surface area (Å²) < 4.78 is 10.6. The second kappa shape index (κ2) is 8.27. The van der Waals surface area contributed by atoms with E-state index in [0.717, 1.165) is 0 Å². The van der Waals surface area contributed by atoms with Crippen molar-refractivity contribution in [1.82, 2.24) is 20.4 Å². The molecule has 0 atom stereocenters. The summed E-state index contributed by atoms with van der Waals surface area (Å²) in [6.07, 6.45) is 1.50. The molecular weight excluding hydrogens is 348 g/mol. The third-order valence-corrected chi connectivity index (χ3v) is 4.27. The van der Waals surface area contributed by atoms with Crippen molar-refractivity contribution in [3.05, 3.63) is 11.7 Å². The number of aromatic nitrogens is 2. The van der Waals surface area contributed by atoms with Gasteiger partial charge < -0.3 is 19.5 Å². The SMILES string of the molecule is CC(C)(C)OC(=O)N1CCC(C(=O)NCCc2noc(C(C)(C)C)n2)CC1. The first-order valence-electron chi connectivity index (χ1n) is 9.54. The number of hydrogen-bond donors (Lipinski definition) is 1. The summed E-state index contributed by atoms with van der Waals surface area (Å²) in [7, 11) is 0. The van der Waals surface area contributed by atoms with Crippen LogP contribution < -0.4 is 5.32 Å². The smallest absolute Gasteiger partial charge is 0.410 e. The van der Waals surface area contributed by atoms with Gasteiger partial charge in [-0.3, -0.25) is 4.79 Å². The van der Waals surface area contributed by atoms with Crippen molar-refractivity contribution < 1.29 is 18.8 Å². The number of nitrogens with zero attached hydrogens (tertiary/aromatic N) is 3. The topological polar surface area (TPSA) is 97.6 Å². The quantitative estimate of drug-likeness (QED) is 0.862. The molecule has 1 saturated heterocycles. The zero-order chi connectivity index (χ0) is 20.2. The molecule has 1 aliphatic heterocycles. The fraction of sp³-hybridized carbons (Fsp3) is 0.789. The summed E-state index contributed by atoms with van der Waals surface area (Å²) in [6, 6.07) is 0. The van der Waals surface area contributed by atoms with Crippen LogP contribution >= 0.6 is 0 Å². The molecule has 8 nitrogen and oxygen atoms in total. The minimum Gasteiger partial charge on any atom is -0.444 e. The molecule has 0 aromatic carbocycles. The summed E-state index contributed by atoms with van der Waals surface area (Å²) >= 11 is 0. The van der Waals surface area contributed by atoms with Crippen molar-refractivity contribution in [2.45, 2.75) is 71.8 Å².